The van der Waals surface area contributed by atoms with Crippen molar-refractivity contribution in [3.05, 3.63) is 97.1 Å². The van der Waals surface area contributed by atoms with Gasteiger partial charge in [0, 0.05) is 23.3 Å². The third kappa shape index (κ3) is 7.39. The molecule has 0 aliphatic rings. The van der Waals surface area contributed by atoms with E-state index in [4.69, 9.17) is 23.4 Å². The minimum Gasteiger partial charge on any atom is -0.494 e. The summed E-state index contributed by atoms with van der Waals surface area (Å²) in [6.45, 7) is 2.69. The smallest absolute Gasteiger partial charge is 0.239 e. The molecule has 4 rings (SSSR count). The second-order valence-electron chi connectivity index (χ2n) is 6.64. The van der Waals surface area contributed by atoms with E-state index in [2.05, 4.69) is 84.9 Å². The normalized spacial score (nSPS) is 10.8. The zero-order valence-corrected chi connectivity index (χ0v) is 18.8. The molecule has 0 amide bonds. The Balaban J connectivity index is 0.000000523. The van der Waals surface area contributed by atoms with Gasteiger partial charge in [-0.2, -0.15) is 0 Å². The zero-order valence-electron chi connectivity index (χ0n) is 17.3. The molecule has 0 aliphatic heterocycles. The highest BCUT2D eigenvalue weighted by Gasteiger charge is 2.19. The molecule has 0 spiro atoms. The number of ether oxygens (including phenoxy) is 1. The summed E-state index contributed by atoms with van der Waals surface area (Å²) >= 11 is 1.82. The number of rotatable bonds is 5. The molecule has 0 atom stereocenters. The first-order chi connectivity index (χ1) is 15.3. The van der Waals surface area contributed by atoms with Gasteiger partial charge in [-0.1, -0.05) is 48.5 Å². The second kappa shape index (κ2) is 11.2. The molecular formula is C25H21ClO5S. The van der Waals surface area contributed by atoms with Gasteiger partial charge < -0.3 is 4.74 Å². The number of halogens is 1. The molecule has 164 valence electrons. The Bertz CT molecular complexity index is 1050. The summed E-state index contributed by atoms with van der Waals surface area (Å²) in [5, 5.41) is 0. The molecule has 0 radical (unpaired) electrons. The predicted molar refractivity (Wildman–Crippen MR) is 116 cm³/mol. The van der Waals surface area contributed by atoms with Gasteiger partial charge in [-0.15, -0.1) is 10.2 Å². The maximum Gasteiger partial charge on any atom is 0.239 e. The van der Waals surface area contributed by atoms with E-state index in [1.165, 1.54) is 32.0 Å². The van der Waals surface area contributed by atoms with Crippen molar-refractivity contribution < 1.29 is 33.6 Å². The zero-order chi connectivity index (χ0) is 23.0. The standard InChI is InChI=1S/C25H21OS.ClHO4/c1-2-26-23-15-13-21(14-16-23)25-18-22(19-9-5-3-6-10-19)17-24(27-25)20-11-7-4-8-12-20;2-1(3,4)5/h3-18H,2H2,1H3;(H,2,3,4,5)/q+1;/p-1. The van der Waals surface area contributed by atoms with Crippen molar-refractivity contribution in [1.29, 1.82) is 0 Å². The molecule has 3 aromatic carbocycles. The van der Waals surface area contributed by atoms with Gasteiger partial charge in [-0.25, -0.2) is 18.6 Å². The van der Waals surface area contributed by atoms with Crippen molar-refractivity contribution >= 4 is 11.3 Å². The number of benzene rings is 3. The summed E-state index contributed by atoms with van der Waals surface area (Å²) in [6.07, 6.45) is 0. The Morgan fingerprint density at radius 3 is 1.53 bits per heavy atom. The van der Waals surface area contributed by atoms with Gasteiger partial charge >= 0.3 is 0 Å². The summed E-state index contributed by atoms with van der Waals surface area (Å²) in [5.41, 5.74) is 4.91. The van der Waals surface area contributed by atoms with Crippen LogP contribution in [-0.2, 0) is 0 Å². The lowest BCUT2D eigenvalue weighted by atomic mass is 10.0. The topological polar surface area (TPSA) is 101 Å². The molecule has 0 N–H and O–H groups in total. The van der Waals surface area contributed by atoms with Crippen LogP contribution in [0.15, 0.2) is 97.1 Å². The van der Waals surface area contributed by atoms with Crippen LogP contribution in [0.4, 0.5) is 0 Å². The van der Waals surface area contributed by atoms with Gasteiger partial charge in [0.15, 0.2) is 0 Å². The fourth-order valence-corrected chi connectivity index (χ4v) is 4.18. The SMILES string of the molecule is CCOc1ccc(-c2cc(-c3ccccc3)cc(-c3ccccc3)[s+]2)cc1.[O-][Cl+3]([O-])([O-])[O-]. The van der Waals surface area contributed by atoms with Crippen LogP contribution >= 0.6 is 11.3 Å². The lowest BCUT2D eigenvalue weighted by Crippen LogP contribution is -2.68. The van der Waals surface area contributed by atoms with Crippen molar-refractivity contribution in [2.45, 2.75) is 6.92 Å². The minimum absolute atomic E-state index is 0.684. The van der Waals surface area contributed by atoms with Gasteiger partial charge in [0.05, 0.1) is 6.61 Å². The van der Waals surface area contributed by atoms with Crippen molar-refractivity contribution in [3.8, 4) is 37.8 Å². The molecule has 0 saturated carbocycles. The molecule has 5 nitrogen and oxygen atoms in total. The summed E-state index contributed by atoms with van der Waals surface area (Å²) in [5.74, 6) is 0.911. The van der Waals surface area contributed by atoms with Gasteiger partial charge in [-0.05, 0) is 54.4 Å². The van der Waals surface area contributed by atoms with Crippen LogP contribution in [-0.4, -0.2) is 6.61 Å². The third-order valence-electron chi connectivity index (χ3n) is 4.41. The quantitative estimate of drug-likeness (QED) is 0.419. The largest absolute Gasteiger partial charge is 0.494 e. The molecular weight excluding hydrogens is 448 g/mol. The molecule has 32 heavy (non-hydrogen) atoms. The van der Waals surface area contributed by atoms with Gasteiger partial charge in [0.25, 0.3) is 0 Å². The van der Waals surface area contributed by atoms with E-state index in [1.54, 1.807) is 0 Å². The van der Waals surface area contributed by atoms with Crippen molar-refractivity contribution in [1.82, 2.24) is 0 Å². The Labute approximate surface area is 193 Å². The number of hydrogen-bond donors (Lipinski definition) is 0. The van der Waals surface area contributed by atoms with Crippen molar-refractivity contribution in [2.75, 3.05) is 6.61 Å². The fourth-order valence-electron chi connectivity index (χ4n) is 3.07. The van der Waals surface area contributed by atoms with Crippen molar-refractivity contribution in [2.24, 2.45) is 0 Å². The van der Waals surface area contributed by atoms with E-state index in [1.807, 2.05) is 30.4 Å². The average molecular weight is 469 g/mol. The van der Waals surface area contributed by atoms with Crippen LogP contribution in [0.1, 0.15) is 6.92 Å². The first-order valence-corrected chi connectivity index (χ1v) is 11.8. The van der Waals surface area contributed by atoms with Crippen LogP contribution < -0.4 is 23.4 Å². The molecule has 0 bridgehead atoms. The fraction of sp³-hybridized carbons (Fsp3) is 0.0800. The summed E-state index contributed by atoms with van der Waals surface area (Å²) in [7, 11) is -4.94. The van der Waals surface area contributed by atoms with Gasteiger partial charge in [0.2, 0.25) is 21.1 Å². The van der Waals surface area contributed by atoms with Gasteiger partial charge in [0.1, 0.15) is 5.75 Å². The van der Waals surface area contributed by atoms with E-state index in [-0.39, 0.29) is 0 Å². The van der Waals surface area contributed by atoms with Crippen LogP contribution in [0.3, 0.4) is 0 Å². The van der Waals surface area contributed by atoms with E-state index in [0.29, 0.717) is 6.61 Å². The Morgan fingerprint density at radius 2 is 1.06 bits per heavy atom. The highest BCUT2D eigenvalue weighted by Crippen LogP contribution is 2.37. The molecule has 0 saturated heterocycles. The highest BCUT2D eigenvalue weighted by molar-refractivity contribution is 7.18. The predicted octanol–water partition coefficient (Wildman–Crippen LogP) is 2.67. The van der Waals surface area contributed by atoms with E-state index in [0.717, 1.165) is 5.75 Å². The maximum absolute atomic E-state index is 8.49. The molecule has 1 aromatic heterocycles. The van der Waals surface area contributed by atoms with Crippen LogP contribution in [0.2, 0.25) is 0 Å². The molecule has 0 unspecified atom stereocenters. The lowest BCUT2D eigenvalue weighted by Gasteiger charge is -2.17. The van der Waals surface area contributed by atoms with Crippen molar-refractivity contribution in [3.63, 3.8) is 0 Å². The van der Waals surface area contributed by atoms with E-state index >= 15 is 0 Å². The number of hydrogen-bond acceptors (Lipinski definition) is 5. The molecule has 4 aromatic rings. The highest BCUT2D eigenvalue weighted by atomic mass is 35.7. The summed E-state index contributed by atoms with van der Waals surface area (Å²) in [6, 6.07) is 34.1. The monoisotopic (exact) mass is 468 g/mol. The molecule has 7 heteroatoms. The lowest BCUT2D eigenvalue weighted by molar-refractivity contribution is -2.00. The summed E-state index contributed by atoms with van der Waals surface area (Å²) < 4.78 is 39.6. The third-order valence-corrected chi connectivity index (χ3v) is 5.56. The Kier molecular flexibility index (Phi) is 8.30. The van der Waals surface area contributed by atoms with Gasteiger partial charge in [-0.3, -0.25) is 0 Å². The first-order valence-electron chi connectivity index (χ1n) is 9.77. The molecule has 0 aliphatic carbocycles. The summed E-state index contributed by atoms with van der Waals surface area (Å²) in [4.78, 5) is 2.51. The molecule has 0 fully saturated rings. The van der Waals surface area contributed by atoms with E-state index < -0.39 is 10.2 Å². The van der Waals surface area contributed by atoms with Crippen LogP contribution in [0.25, 0.3) is 32.0 Å². The van der Waals surface area contributed by atoms with Crippen LogP contribution in [0, 0.1) is 10.2 Å². The average Bonchev–Trinajstić information content (AvgIpc) is 2.80. The second-order valence-corrected chi connectivity index (χ2v) is 8.48. The van der Waals surface area contributed by atoms with Crippen LogP contribution in [0.5, 0.6) is 5.75 Å². The Hall–Kier alpha value is -2.84. The minimum atomic E-state index is -4.94. The first kappa shape index (κ1) is 23.8. The van der Waals surface area contributed by atoms with E-state index in [9.17, 15) is 0 Å². The molecule has 1 heterocycles. The maximum atomic E-state index is 8.49. The Morgan fingerprint density at radius 1 is 0.625 bits per heavy atom.